The molecule has 4 bridgehead atoms. The van der Waals surface area contributed by atoms with Gasteiger partial charge in [0, 0.05) is 5.41 Å². The summed E-state index contributed by atoms with van der Waals surface area (Å²) in [6.07, 6.45) is 7.57. The third-order valence-corrected chi connectivity index (χ3v) is 7.80. The Morgan fingerprint density at radius 3 is 2.17 bits per heavy atom. The second-order valence-corrected chi connectivity index (χ2v) is 10.2. The van der Waals surface area contributed by atoms with Crippen molar-refractivity contribution in [3.8, 4) is 11.5 Å². The molecule has 4 heteroatoms. The van der Waals surface area contributed by atoms with Crippen LogP contribution in [0.5, 0.6) is 11.5 Å². The maximum atomic E-state index is 14.7. The molecule has 0 heterocycles. The van der Waals surface area contributed by atoms with Gasteiger partial charge in [-0.25, -0.2) is 9.18 Å². The highest BCUT2D eigenvalue weighted by Crippen LogP contribution is 2.64. The second kappa shape index (κ2) is 7.11. The maximum Gasteiger partial charge on any atom is 0.343 e. The van der Waals surface area contributed by atoms with E-state index in [1.54, 1.807) is 24.3 Å². The molecule has 2 aromatic carbocycles. The fourth-order valence-corrected chi connectivity index (χ4v) is 6.59. The first-order chi connectivity index (χ1) is 14.3. The molecule has 0 spiro atoms. The summed E-state index contributed by atoms with van der Waals surface area (Å²) in [6, 6.07) is 13.1. The Labute approximate surface area is 177 Å². The van der Waals surface area contributed by atoms with Crippen molar-refractivity contribution in [1.29, 1.82) is 0 Å². The van der Waals surface area contributed by atoms with Crippen LogP contribution < -0.4 is 9.47 Å². The first kappa shape index (κ1) is 19.6. The van der Waals surface area contributed by atoms with E-state index in [1.807, 2.05) is 6.07 Å². The van der Waals surface area contributed by atoms with Crippen LogP contribution in [0.15, 0.2) is 48.5 Å². The van der Waals surface area contributed by atoms with Gasteiger partial charge in [-0.3, -0.25) is 0 Å². The molecule has 2 aromatic rings. The molecule has 0 aromatic heterocycles. The zero-order valence-corrected chi connectivity index (χ0v) is 17.7. The van der Waals surface area contributed by atoms with Gasteiger partial charge in [0.15, 0.2) is 11.6 Å². The Hall–Kier alpha value is -2.36. The highest BCUT2D eigenvalue weighted by atomic mass is 19.1. The summed E-state index contributed by atoms with van der Waals surface area (Å²) in [4.78, 5) is 12.6. The molecule has 0 radical (unpaired) electrons. The van der Waals surface area contributed by atoms with Crippen LogP contribution in [0.25, 0.3) is 0 Å². The van der Waals surface area contributed by atoms with Crippen LogP contribution in [0, 0.1) is 29.0 Å². The third kappa shape index (κ3) is 3.40. The zero-order valence-electron chi connectivity index (χ0n) is 17.7. The van der Waals surface area contributed by atoms with Gasteiger partial charge in [0.1, 0.15) is 11.4 Å². The molecule has 0 aliphatic heterocycles. The molecule has 0 unspecified atom stereocenters. The van der Waals surface area contributed by atoms with Gasteiger partial charge >= 0.3 is 5.97 Å². The monoisotopic (exact) mass is 408 g/mol. The summed E-state index contributed by atoms with van der Waals surface area (Å²) in [5, 5.41) is 0. The number of ether oxygens (including phenoxy) is 2. The third-order valence-electron chi connectivity index (χ3n) is 7.80. The Kier molecular flexibility index (Phi) is 4.64. The van der Waals surface area contributed by atoms with Gasteiger partial charge in [0.2, 0.25) is 0 Å². The summed E-state index contributed by atoms with van der Waals surface area (Å²) in [5.74, 6) is 2.01. The lowest BCUT2D eigenvalue weighted by Crippen LogP contribution is -2.58. The SMILES string of the molecule is CC(C)(Oc1cc(C(=O)Oc2ccccc2)ccc1F)C12CC3CC(CC(C3)C1)C2. The van der Waals surface area contributed by atoms with E-state index in [0.717, 1.165) is 17.8 Å². The molecule has 0 N–H and O–H groups in total. The average molecular weight is 409 g/mol. The molecule has 4 fully saturated rings. The van der Waals surface area contributed by atoms with Gasteiger partial charge in [-0.2, -0.15) is 0 Å². The van der Waals surface area contributed by atoms with E-state index in [1.165, 1.54) is 56.7 Å². The zero-order chi connectivity index (χ0) is 20.9. The van der Waals surface area contributed by atoms with Crippen molar-refractivity contribution in [2.75, 3.05) is 0 Å². The molecule has 4 aliphatic carbocycles. The quantitative estimate of drug-likeness (QED) is 0.423. The van der Waals surface area contributed by atoms with E-state index in [-0.39, 0.29) is 16.7 Å². The Balaban J connectivity index is 1.38. The predicted molar refractivity (Wildman–Crippen MR) is 113 cm³/mol. The number of hydrogen-bond donors (Lipinski definition) is 0. The maximum absolute atomic E-state index is 14.7. The van der Waals surface area contributed by atoms with Crippen LogP contribution in [-0.4, -0.2) is 11.6 Å². The average Bonchev–Trinajstić information content (AvgIpc) is 2.69. The highest BCUT2D eigenvalue weighted by molar-refractivity contribution is 5.91. The van der Waals surface area contributed by atoms with Gasteiger partial charge in [-0.05, 0) is 100 Å². The summed E-state index contributed by atoms with van der Waals surface area (Å²) in [5.41, 5.74) is -0.114. The smallest absolute Gasteiger partial charge is 0.343 e. The van der Waals surface area contributed by atoms with Crippen molar-refractivity contribution in [2.24, 2.45) is 23.2 Å². The number of carbonyl (C=O) groups excluding carboxylic acids is 1. The number of para-hydroxylation sites is 1. The van der Waals surface area contributed by atoms with Gasteiger partial charge in [0.25, 0.3) is 0 Å². The van der Waals surface area contributed by atoms with Gasteiger partial charge in [-0.15, -0.1) is 0 Å². The first-order valence-corrected chi connectivity index (χ1v) is 11.1. The minimum Gasteiger partial charge on any atom is -0.484 e. The molecule has 30 heavy (non-hydrogen) atoms. The van der Waals surface area contributed by atoms with E-state index < -0.39 is 17.4 Å². The fraction of sp³-hybridized carbons (Fsp3) is 0.500. The van der Waals surface area contributed by atoms with Crippen molar-refractivity contribution in [2.45, 2.75) is 58.0 Å². The summed E-state index contributed by atoms with van der Waals surface area (Å²) in [6.45, 7) is 4.21. The van der Waals surface area contributed by atoms with Crippen LogP contribution in [-0.2, 0) is 0 Å². The van der Waals surface area contributed by atoms with Crippen LogP contribution >= 0.6 is 0 Å². The number of benzene rings is 2. The summed E-state index contributed by atoms with van der Waals surface area (Å²) < 4.78 is 26.5. The number of hydrogen-bond acceptors (Lipinski definition) is 3. The number of carbonyl (C=O) groups is 1. The number of halogens is 1. The lowest BCUT2D eigenvalue weighted by molar-refractivity contribution is -0.151. The second-order valence-electron chi connectivity index (χ2n) is 10.2. The van der Waals surface area contributed by atoms with Crippen LogP contribution in [0.3, 0.4) is 0 Å². The number of rotatable bonds is 5. The first-order valence-electron chi connectivity index (χ1n) is 11.1. The molecule has 158 valence electrons. The van der Waals surface area contributed by atoms with Crippen molar-refractivity contribution >= 4 is 5.97 Å². The Morgan fingerprint density at radius 1 is 0.967 bits per heavy atom. The van der Waals surface area contributed by atoms with Crippen LogP contribution in [0.1, 0.15) is 62.7 Å². The molecule has 3 nitrogen and oxygen atoms in total. The van der Waals surface area contributed by atoms with E-state index in [4.69, 9.17) is 9.47 Å². The summed E-state index contributed by atoms with van der Waals surface area (Å²) in [7, 11) is 0. The van der Waals surface area contributed by atoms with Gasteiger partial charge in [-0.1, -0.05) is 18.2 Å². The van der Waals surface area contributed by atoms with Crippen LogP contribution in [0.2, 0.25) is 0 Å². The molecule has 0 saturated heterocycles. The molecule has 6 rings (SSSR count). The van der Waals surface area contributed by atoms with Crippen molar-refractivity contribution in [3.63, 3.8) is 0 Å². The standard InChI is InChI=1S/C26H29FO3/c1-25(2,26-14-17-10-18(15-26)12-19(11-17)16-26)30-23-13-20(8-9-22(23)27)24(28)29-21-6-4-3-5-7-21/h3-9,13,17-19H,10-12,14-16H2,1-2H3. The molecule has 4 saturated carbocycles. The minimum absolute atomic E-state index is 0.0920. The molecular weight excluding hydrogens is 379 g/mol. The predicted octanol–water partition coefficient (Wildman–Crippen LogP) is 6.42. The van der Waals surface area contributed by atoms with Crippen molar-refractivity contribution < 1.29 is 18.7 Å². The fourth-order valence-electron chi connectivity index (χ4n) is 6.59. The molecule has 0 atom stereocenters. The highest BCUT2D eigenvalue weighted by Gasteiger charge is 2.58. The van der Waals surface area contributed by atoms with E-state index in [0.29, 0.717) is 5.75 Å². The lowest BCUT2D eigenvalue weighted by Gasteiger charge is -2.61. The Morgan fingerprint density at radius 2 is 1.57 bits per heavy atom. The molecule has 0 amide bonds. The molecule has 4 aliphatic rings. The normalized spacial score (nSPS) is 29.6. The van der Waals surface area contributed by atoms with E-state index in [2.05, 4.69) is 13.8 Å². The number of esters is 1. The Bertz CT molecular complexity index is 915. The largest absolute Gasteiger partial charge is 0.484 e. The van der Waals surface area contributed by atoms with Crippen LogP contribution in [0.4, 0.5) is 4.39 Å². The molecular formula is C26H29FO3. The van der Waals surface area contributed by atoms with Gasteiger partial charge in [0.05, 0.1) is 5.56 Å². The minimum atomic E-state index is -0.515. The summed E-state index contributed by atoms with van der Waals surface area (Å²) >= 11 is 0. The van der Waals surface area contributed by atoms with Crippen molar-refractivity contribution in [1.82, 2.24) is 0 Å². The van der Waals surface area contributed by atoms with E-state index >= 15 is 0 Å². The topological polar surface area (TPSA) is 35.5 Å². The lowest BCUT2D eigenvalue weighted by atomic mass is 9.46. The van der Waals surface area contributed by atoms with Crippen molar-refractivity contribution in [3.05, 3.63) is 59.9 Å². The van der Waals surface area contributed by atoms with E-state index in [9.17, 15) is 9.18 Å². The van der Waals surface area contributed by atoms with Gasteiger partial charge < -0.3 is 9.47 Å².